The standard InChI is InChI=1S/C8H14N4.2ClH/c9-8-2-1-7(5-8)6-12-4-3-10-11-12;;/h3-4,7-8H,1-2,5-6,9H2;2*1H/t7-,8+;;/m1../s1. The minimum atomic E-state index is 0. The third kappa shape index (κ3) is 3.44. The molecule has 1 aromatic heterocycles. The smallest absolute Gasteiger partial charge is 0.0692 e. The predicted molar refractivity (Wildman–Crippen MR) is 59.8 cm³/mol. The first-order valence-corrected chi connectivity index (χ1v) is 4.44. The van der Waals surface area contributed by atoms with Crippen LogP contribution in [0.1, 0.15) is 19.3 Å². The lowest BCUT2D eigenvalue weighted by Crippen LogP contribution is -2.16. The van der Waals surface area contributed by atoms with E-state index in [0.717, 1.165) is 13.0 Å². The second kappa shape index (κ2) is 6.22. The summed E-state index contributed by atoms with van der Waals surface area (Å²) in [7, 11) is 0. The van der Waals surface area contributed by atoms with Gasteiger partial charge in [0.05, 0.1) is 6.20 Å². The van der Waals surface area contributed by atoms with Gasteiger partial charge in [-0.05, 0) is 25.2 Å². The molecule has 82 valence electrons. The average molecular weight is 239 g/mol. The van der Waals surface area contributed by atoms with Crippen molar-refractivity contribution in [1.82, 2.24) is 15.0 Å². The molecule has 0 amide bonds. The molecule has 0 saturated heterocycles. The average Bonchev–Trinajstić information content (AvgIpc) is 2.63. The molecule has 1 saturated carbocycles. The molecule has 2 N–H and O–H groups in total. The monoisotopic (exact) mass is 238 g/mol. The van der Waals surface area contributed by atoms with Crippen LogP contribution in [0.15, 0.2) is 12.4 Å². The summed E-state index contributed by atoms with van der Waals surface area (Å²) < 4.78 is 1.89. The molecule has 0 aliphatic heterocycles. The molecule has 0 bridgehead atoms. The molecule has 0 aromatic carbocycles. The molecular weight excluding hydrogens is 223 g/mol. The topological polar surface area (TPSA) is 56.7 Å². The molecule has 1 aliphatic carbocycles. The van der Waals surface area contributed by atoms with Gasteiger partial charge < -0.3 is 5.73 Å². The van der Waals surface area contributed by atoms with Crippen molar-refractivity contribution in [2.75, 3.05) is 0 Å². The molecule has 0 radical (unpaired) electrons. The molecule has 1 fully saturated rings. The molecule has 0 spiro atoms. The first kappa shape index (κ1) is 13.7. The fraction of sp³-hybridized carbons (Fsp3) is 0.750. The number of hydrogen-bond donors (Lipinski definition) is 1. The minimum Gasteiger partial charge on any atom is -0.328 e. The lowest BCUT2D eigenvalue weighted by atomic mass is 10.1. The molecule has 2 atom stereocenters. The molecular formula is C8H16Cl2N4. The molecule has 14 heavy (non-hydrogen) atoms. The Morgan fingerprint density at radius 1 is 1.36 bits per heavy atom. The summed E-state index contributed by atoms with van der Waals surface area (Å²) in [5.74, 6) is 0.710. The maximum Gasteiger partial charge on any atom is 0.0692 e. The van der Waals surface area contributed by atoms with Gasteiger partial charge in [0.2, 0.25) is 0 Å². The Morgan fingerprint density at radius 3 is 2.64 bits per heavy atom. The fourth-order valence-corrected chi connectivity index (χ4v) is 1.87. The zero-order chi connectivity index (χ0) is 8.39. The van der Waals surface area contributed by atoms with Crippen LogP contribution >= 0.6 is 24.8 Å². The molecule has 1 aromatic rings. The van der Waals surface area contributed by atoms with E-state index in [0.29, 0.717) is 12.0 Å². The van der Waals surface area contributed by atoms with Gasteiger partial charge >= 0.3 is 0 Å². The summed E-state index contributed by atoms with van der Waals surface area (Å²) in [5.41, 5.74) is 5.81. The molecule has 4 nitrogen and oxygen atoms in total. The lowest BCUT2D eigenvalue weighted by Gasteiger charge is -2.07. The van der Waals surface area contributed by atoms with Gasteiger partial charge in [0, 0.05) is 18.8 Å². The molecule has 0 unspecified atom stereocenters. The van der Waals surface area contributed by atoms with Crippen molar-refractivity contribution in [2.45, 2.75) is 31.8 Å². The quantitative estimate of drug-likeness (QED) is 0.844. The number of rotatable bonds is 2. The van der Waals surface area contributed by atoms with Crippen LogP contribution in [-0.2, 0) is 6.54 Å². The number of nitrogens with two attached hydrogens (primary N) is 1. The maximum atomic E-state index is 5.81. The van der Waals surface area contributed by atoms with Crippen LogP contribution in [0, 0.1) is 5.92 Å². The number of hydrogen-bond acceptors (Lipinski definition) is 3. The van der Waals surface area contributed by atoms with Crippen molar-refractivity contribution in [3.05, 3.63) is 12.4 Å². The second-order valence-corrected chi connectivity index (χ2v) is 3.56. The highest BCUT2D eigenvalue weighted by Crippen LogP contribution is 2.24. The fourth-order valence-electron chi connectivity index (χ4n) is 1.87. The van der Waals surface area contributed by atoms with Crippen LogP contribution in [0.3, 0.4) is 0 Å². The zero-order valence-corrected chi connectivity index (χ0v) is 9.51. The lowest BCUT2D eigenvalue weighted by molar-refractivity contribution is 0.417. The number of aromatic nitrogens is 3. The van der Waals surface area contributed by atoms with Crippen molar-refractivity contribution in [3.8, 4) is 0 Å². The summed E-state index contributed by atoms with van der Waals surface area (Å²) in [6.07, 6.45) is 7.17. The Hall–Kier alpha value is -0.320. The number of nitrogens with zero attached hydrogens (tertiary/aromatic N) is 3. The zero-order valence-electron chi connectivity index (χ0n) is 7.87. The van der Waals surface area contributed by atoms with Crippen molar-refractivity contribution in [1.29, 1.82) is 0 Å². The maximum absolute atomic E-state index is 5.81. The van der Waals surface area contributed by atoms with Crippen LogP contribution in [0.25, 0.3) is 0 Å². The first-order valence-electron chi connectivity index (χ1n) is 4.44. The SMILES string of the molecule is Cl.Cl.N[C@H]1CC[C@@H](Cn2ccnn2)C1. The van der Waals surface area contributed by atoms with Crippen LogP contribution in [0.2, 0.25) is 0 Å². The Labute approximate surface area is 96.1 Å². The Bertz CT molecular complexity index is 239. The van der Waals surface area contributed by atoms with Crippen LogP contribution < -0.4 is 5.73 Å². The molecule has 1 heterocycles. The number of halogens is 2. The summed E-state index contributed by atoms with van der Waals surface area (Å²) in [6.45, 7) is 0.980. The first-order chi connectivity index (χ1) is 5.84. The van der Waals surface area contributed by atoms with E-state index in [4.69, 9.17) is 5.73 Å². The van der Waals surface area contributed by atoms with Gasteiger partial charge in [-0.1, -0.05) is 5.21 Å². The highest BCUT2D eigenvalue weighted by Gasteiger charge is 2.21. The van der Waals surface area contributed by atoms with Gasteiger partial charge in [-0.25, -0.2) is 0 Å². The highest BCUT2D eigenvalue weighted by atomic mass is 35.5. The van der Waals surface area contributed by atoms with E-state index in [1.807, 2.05) is 10.9 Å². The third-order valence-electron chi connectivity index (χ3n) is 2.50. The van der Waals surface area contributed by atoms with E-state index >= 15 is 0 Å². The normalized spacial score (nSPS) is 25.2. The predicted octanol–water partition coefficient (Wildman–Crippen LogP) is 1.25. The van der Waals surface area contributed by atoms with Crippen LogP contribution in [-0.4, -0.2) is 21.0 Å². The second-order valence-electron chi connectivity index (χ2n) is 3.56. The van der Waals surface area contributed by atoms with Gasteiger partial charge in [0.25, 0.3) is 0 Å². The Balaban J connectivity index is 0.000000845. The van der Waals surface area contributed by atoms with E-state index in [1.165, 1.54) is 12.8 Å². The van der Waals surface area contributed by atoms with E-state index in [9.17, 15) is 0 Å². The largest absolute Gasteiger partial charge is 0.328 e. The minimum absolute atomic E-state index is 0. The summed E-state index contributed by atoms with van der Waals surface area (Å²) in [4.78, 5) is 0. The molecule has 6 heteroatoms. The van der Waals surface area contributed by atoms with Gasteiger partial charge in [0.1, 0.15) is 0 Å². The van der Waals surface area contributed by atoms with Gasteiger partial charge in [-0.3, -0.25) is 4.68 Å². The van der Waals surface area contributed by atoms with Gasteiger partial charge in [-0.15, -0.1) is 29.9 Å². The van der Waals surface area contributed by atoms with Crippen molar-refractivity contribution in [3.63, 3.8) is 0 Å². The summed E-state index contributed by atoms with van der Waals surface area (Å²) >= 11 is 0. The van der Waals surface area contributed by atoms with Crippen LogP contribution in [0.4, 0.5) is 0 Å². The van der Waals surface area contributed by atoms with Crippen molar-refractivity contribution < 1.29 is 0 Å². The highest BCUT2D eigenvalue weighted by molar-refractivity contribution is 5.85. The molecule has 1 aliphatic rings. The van der Waals surface area contributed by atoms with Crippen LogP contribution in [0.5, 0.6) is 0 Å². The summed E-state index contributed by atoms with van der Waals surface area (Å²) in [6, 6.07) is 0.415. The Morgan fingerprint density at radius 2 is 2.14 bits per heavy atom. The Kier molecular flexibility index (Phi) is 6.08. The summed E-state index contributed by atoms with van der Waals surface area (Å²) in [5, 5.41) is 7.70. The van der Waals surface area contributed by atoms with Crippen molar-refractivity contribution in [2.24, 2.45) is 11.7 Å². The van der Waals surface area contributed by atoms with Gasteiger partial charge in [0.15, 0.2) is 0 Å². The van der Waals surface area contributed by atoms with E-state index in [2.05, 4.69) is 10.3 Å². The van der Waals surface area contributed by atoms with E-state index in [1.54, 1.807) is 6.20 Å². The van der Waals surface area contributed by atoms with Gasteiger partial charge in [-0.2, -0.15) is 0 Å². The van der Waals surface area contributed by atoms with E-state index < -0.39 is 0 Å². The molecule has 2 rings (SSSR count). The van der Waals surface area contributed by atoms with E-state index in [-0.39, 0.29) is 24.8 Å². The van der Waals surface area contributed by atoms with Crippen molar-refractivity contribution >= 4 is 24.8 Å². The third-order valence-corrected chi connectivity index (χ3v) is 2.50.